The highest BCUT2D eigenvalue weighted by molar-refractivity contribution is 6.30. The van der Waals surface area contributed by atoms with E-state index in [1.54, 1.807) is 12.1 Å². The Balaban J connectivity index is 1.42. The van der Waals surface area contributed by atoms with E-state index in [9.17, 15) is 4.79 Å². The lowest BCUT2D eigenvalue weighted by Crippen LogP contribution is -2.32. The summed E-state index contributed by atoms with van der Waals surface area (Å²) in [5, 5.41) is 8.90. The van der Waals surface area contributed by atoms with Crippen molar-refractivity contribution in [3.63, 3.8) is 0 Å². The highest BCUT2D eigenvalue weighted by Crippen LogP contribution is 2.30. The number of ether oxygens (including phenoxy) is 1. The van der Waals surface area contributed by atoms with Gasteiger partial charge in [0.1, 0.15) is 5.75 Å². The monoisotopic (exact) mass is 439 g/mol. The molecule has 1 aliphatic rings. The van der Waals surface area contributed by atoms with Gasteiger partial charge >= 0.3 is 0 Å². The fourth-order valence-corrected chi connectivity index (χ4v) is 3.32. The smallest absolute Gasteiger partial charge is 0.254 e. The van der Waals surface area contributed by atoms with Crippen molar-refractivity contribution in [2.24, 2.45) is 5.92 Å². The van der Waals surface area contributed by atoms with E-state index >= 15 is 0 Å². The number of carbonyl (C=O) groups excluding carboxylic acids is 1. The first-order chi connectivity index (χ1) is 15.0. The highest BCUT2D eigenvalue weighted by Gasteiger charge is 2.34. The van der Waals surface area contributed by atoms with Crippen LogP contribution in [0.3, 0.4) is 0 Å². The molecule has 1 amide bonds. The summed E-state index contributed by atoms with van der Waals surface area (Å²) in [5.74, 6) is 2.16. The first-order valence-corrected chi connectivity index (χ1v) is 11.0. The van der Waals surface area contributed by atoms with Gasteiger partial charge in [-0.2, -0.15) is 0 Å². The number of hydrogen-bond donors (Lipinski definition) is 0. The van der Waals surface area contributed by atoms with Crippen molar-refractivity contribution in [3.05, 3.63) is 65.0 Å². The first-order valence-electron chi connectivity index (χ1n) is 10.6. The molecule has 1 aromatic heterocycles. The maximum atomic E-state index is 13.1. The summed E-state index contributed by atoms with van der Waals surface area (Å²) >= 11 is 5.94. The normalized spacial score (nSPS) is 13.4. The van der Waals surface area contributed by atoms with Crippen LogP contribution in [-0.4, -0.2) is 33.7 Å². The Morgan fingerprint density at radius 3 is 2.48 bits per heavy atom. The molecule has 3 aromatic rings. The minimum absolute atomic E-state index is 0.0394. The van der Waals surface area contributed by atoms with Crippen molar-refractivity contribution in [1.29, 1.82) is 0 Å². The van der Waals surface area contributed by atoms with Crippen LogP contribution < -0.4 is 4.74 Å². The molecular weight excluding hydrogens is 414 g/mol. The molecule has 1 saturated carbocycles. The summed E-state index contributed by atoms with van der Waals surface area (Å²) in [6.07, 6.45) is 2.97. The molecular formula is C24H26ClN3O3. The molecule has 0 aliphatic heterocycles. The van der Waals surface area contributed by atoms with E-state index in [0.717, 1.165) is 30.6 Å². The van der Waals surface area contributed by atoms with Gasteiger partial charge in [-0.3, -0.25) is 4.79 Å². The van der Waals surface area contributed by atoms with Crippen LogP contribution in [0.2, 0.25) is 5.02 Å². The third-order valence-corrected chi connectivity index (χ3v) is 5.43. The van der Waals surface area contributed by atoms with Crippen molar-refractivity contribution >= 4 is 17.5 Å². The average molecular weight is 440 g/mol. The van der Waals surface area contributed by atoms with Crippen molar-refractivity contribution in [2.75, 3.05) is 6.61 Å². The third kappa shape index (κ3) is 5.64. The molecule has 0 radical (unpaired) electrons. The fourth-order valence-electron chi connectivity index (χ4n) is 3.20. The maximum absolute atomic E-state index is 13.1. The molecule has 0 N–H and O–H groups in total. The highest BCUT2D eigenvalue weighted by atomic mass is 35.5. The van der Waals surface area contributed by atoms with Gasteiger partial charge in [-0.05, 0) is 73.7 Å². The zero-order valence-electron chi connectivity index (χ0n) is 17.8. The van der Waals surface area contributed by atoms with Gasteiger partial charge in [-0.1, -0.05) is 25.4 Å². The molecule has 1 aliphatic carbocycles. The van der Waals surface area contributed by atoms with E-state index in [2.05, 4.69) is 24.0 Å². The summed E-state index contributed by atoms with van der Waals surface area (Å²) in [6.45, 7) is 5.29. The van der Waals surface area contributed by atoms with E-state index < -0.39 is 0 Å². The molecule has 1 fully saturated rings. The summed E-state index contributed by atoms with van der Waals surface area (Å²) < 4.78 is 11.6. The Kier molecular flexibility index (Phi) is 6.56. The van der Waals surface area contributed by atoms with Crippen LogP contribution in [0, 0.1) is 5.92 Å². The Morgan fingerprint density at radius 2 is 1.84 bits per heavy atom. The lowest BCUT2D eigenvalue weighted by Gasteiger charge is -2.20. The molecule has 6 nitrogen and oxygen atoms in total. The number of aromatic nitrogens is 2. The number of hydrogen-bond acceptors (Lipinski definition) is 5. The molecule has 1 heterocycles. The second kappa shape index (κ2) is 9.52. The number of rotatable bonds is 9. The fraction of sp³-hybridized carbons (Fsp3) is 0.375. The average Bonchev–Trinajstić information content (AvgIpc) is 3.50. The molecule has 0 unspecified atom stereocenters. The van der Waals surface area contributed by atoms with Crippen LogP contribution in [0.15, 0.2) is 52.9 Å². The number of halogens is 1. The van der Waals surface area contributed by atoms with Gasteiger partial charge in [-0.25, -0.2) is 0 Å². The van der Waals surface area contributed by atoms with Crippen molar-refractivity contribution in [1.82, 2.24) is 15.1 Å². The number of amides is 1. The first kappa shape index (κ1) is 21.4. The maximum Gasteiger partial charge on any atom is 0.254 e. The van der Waals surface area contributed by atoms with Gasteiger partial charge in [0.05, 0.1) is 13.2 Å². The predicted octanol–water partition coefficient (Wildman–Crippen LogP) is 5.62. The molecule has 0 spiro atoms. The Hall–Kier alpha value is -2.86. The Morgan fingerprint density at radius 1 is 1.13 bits per heavy atom. The topological polar surface area (TPSA) is 68.5 Å². The quantitative estimate of drug-likeness (QED) is 0.432. The Labute approximate surface area is 187 Å². The van der Waals surface area contributed by atoms with Gasteiger partial charge in [0, 0.05) is 22.2 Å². The van der Waals surface area contributed by atoms with Gasteiger partial charge < -0.3 is 14.1 Å². The van der Waals surface area contributed by atoms with Gasteiger partial charge in [0.2, 0.25) is 11.8 Å². The zero-order valence-corrected chi connectivity index (χ0v) is 18.5. The second-order valence-electron chi connectivity index (χ2n) is 8.23. The van der Waals surface area contributed by atoms with Crippen molar-refractivity contribution in [3.8, 4) is 17.2 Å². The van der Waals surface area contributed by atoms with Gasteiger partial charge in [-0.15, -0.1) is 10.2 Å². The molecule has 7 heteroatoms. The van der Waals surface area contributed by atoms with Crippen molar-refractivity contribution < 1.29 is 13.9 Å². The van der Waals surface area contributed by atoms with Crippen molar-refractivity contribution in [2.45, 2.75) is 45.7 Å². The standard InChI is InChI=1S/C24H26ClN3O3/c1-16(2)13-14-30-21-11-5-18(6-12-21)24(29)28(20-9-10-20)15-22-26-27-23(31-22)17-3-7-19(25)8-4-17/h3-8,11-12,16,20H,9-10,13-15H2,1-2H3. The minimum atomic E-state index is -0.0394. The largest absolute Gasteiger partial charge is 0.494 e. The summed E-state index contributed by atoms with van der Waals surface area (Å²) in [6, 6.07) is 14.7. The van der Waals surface area contributed by atoms with Crippen LogP contribution in [0.1, 0.15) is 49.4 Å². The zero-order chi connectivity index (χ0) is 21.8. The molecule has 0 saturated heterocycles. The van der Waals surface area contributed by atoms with Crippen LogP contribution in [0.25, 0.3) is 11.5 Å². The van der Waals surface area contributed by atoms with E-state index in [1.807, 2.05) is 41.3 Å². The summed E-state index contributed by atoms with van der Waals surface area (Å²) in [5.41, 5.74) is 1.42. The van der Waals surface area contributed by atoms with E-state index in [-0.39, 0.29) is 18.5 Å². The number of nitrogens with zero attached hydrogens (tertiary/aromatic N) is 3. The second-order valence-corrected chi connectivity index (χ2v) is 8.66. The number of carbonyl (C=O) groups is 1. The molecule has 0 bridgehead atoms. The lowest BCUT2D eigenvalue weighted by atomic mass is 10.1. The van der Waals surface area contributed by atoms with E-state index in [1.165, 1.54) is 0 Å². The van der Waals surface area contributed by atoms with E-state index in [4.69, 9.17) is 20.8 Å². The molecule has 162 valence electrons. The minimum Gasteiger partial charge on any atom is -0.494 e. The predicted molar refractivity (Wildman–Crippen MR) is 119 cm³/mol. The molecule has 31 heavy (non-hydrogen) atoms. The number of benzene rings is 2. The molecule has 2 aromatic carbocycles. The lowest BCUT2D eigenvalue weighted by molar-refractivity contribution is 0.0714. The molecule has 4 rings (SSSR count). The summed E-state index contributed by atoms with van der Waals surface area (Å²) in [4.78, 5) is 15.0. The van der Waals surface area contributed by atoms with E-state index in [0.29, 0.717) is 34.9 Å². The summed E-state index contributed by atoms with van der Waals surface area (Å²) in [7, 11) is 0. The van der Waals surface area contributed by atoms with Crippen LogP contribution in [0.4, 0.5) is 0 Å². The Bertz CT molecular complexity index is 1010. The van der Waals surface area contributed by atoms with Crippen LogP contribution in [-0.2, 0) is 6.54 Å². The molecule has 0 atom stereocenters. The van der Waals surface area contributed by atoms with Gasteiger partial charge in [0.15, 0.2) is 0 Å². The third-order valence-electron chi connectivity index (χ3n) is 5.18. The SMILES string of the molecule is CC(C)CCOc1ccc(C(=O)N(Cc2nnc(-c3ccc(Cl)cc3)o2)C2CC2)cc1. The van der Waals surface area contributed by atoms with Gasteiger partial charge in [0.25, 0.3) is 5.91 Å². The van der Waals surface area contributed by atoms with Crippen LogP contribution in [0.5, 0.6) is 5.75 Å². The van der Waals surface area contributed by atoms with Crippen LogP contribution >= 0.6 is 11.6 Å².